The molecular weight excluding hydrogens is 418 g/mol. The summed E-state index contributed by atoms with van der Waals surface area (Å²) in [4.78, 5) is 27.3. The van der Waals surface area contributed by atoms with Gasteiger partial charge in [-0.1, -0.05) is 36.4 Å². The highest BCUT2D eigenvalue weighted by atomic mass is 16.5. The first kappa shape index (κ1) is 22.4. The zero-order valence-electron chi connectivity index (χ0n) is 18.8. The lowest BCUT2D eigenvalue weighted by Gasteiger charge is -2.25. The van der Waals surface area contributed by atoms with E-state index >= 15 is 0 Å². The van der Waals surface area contributed by atoms with E-state index in [2.05, 4.69) is 0 Å². The van der Waals surface area contributed by atoms with Crippen molar-refractivity contribution in [1.29, 1.82) is 0 Å². The van der Waals surface area contributed by atoms with Gasteiger partial charge in [-0.2, -0.15) is 0 Å². The Morgan fingerprint density at radius 1 is 0.879 bits per heavy atom. The molecule has 6 heteroatoms. The lowest BCUT2D eigenvalue weighted by molar-refractivity contribution is -0.134. The third-order valence-corrected chi connectivity index (χ3v) is 5.88. The maximum atomic E-state index is 12.9. The fourth-order valence-electron chi connectivity index (χ4n) is 4.16. The zero-order valence-corrected chi connectivity index (χ0v) is 18.8. The van der Waals surface area contributed by atoms with E-state index in [1.165, 1.54) is 0 Å². The highest BCUT2D eigenvalue weighted by Crippen LogP contribution is 2.37. The Bertz CT molecular complexity index is 1110. The Kier molecular flexibility index (Phi) is 6.93. The summed E-state index contributed by atoms with van der Waals surface area (Å²) in [5.74, 6) is 1.74. The predicted molar refractivity (Wildman–Crippen MR) is 125 cm³/mol. The second-order valence-corrected chi connectivity index (χ2v) is 7.87. The topological polar surface area (TPSA) is 65.1 Å². The molecule has 1 saturated heterocycles. The van der Waals surface area contributed by atoms with Gasteiger partial charge in [-0.15, -0.1) is 0 Å². The molecule has 0 spiro atoms. The molecule has 0 aliphatic carbocycles. The molecule has 1 aliphatic heterocycles. The Hall–Kier alpha value is -3.80. The Morgan fingerprint density at radius 2 is 1.58 bits per heavy atom. The SMILES string of the molecule is COc1ccc([C@@H]2CCCN2C(=O)COc2ccc(C(=O)c3ccccc3)cc2)cc1OC. The minimum Gasteiger partial charge on any atom is -0.493 e. The van der Waals surface area contributed by atoms with Crippen molar-refractivity contribution in [1.82, 2.24) is 4.90 Å². The van der Waals surface area contributed by atoms with Crippen LogP contribution in [0.3, 0.4) is 0 Å². The number of carbonyl (C=O) groups excluding carboxylic acids is 2. The second kappa shape index (κ2) is 10.2. The van der Waals surface area contributed by atoms with Crippen molar-refractivity contribution in [2.24, 2.45) is 0 Å². The molecule has 1 atom stereocenters. The first-order valence-electron chi connectivity index (χ1n) is 10.9. The normalized spacial score (nSPS) is 15.2. The van der Waals surface area contributed by atoms with Crippen LogP contribution >= 0.6 is 0 Å². The van der Waals surface area contributed by atoms with Gasteiger partial charge in [0.15, 0.2) is 23.9 Å². The smallest absolute Gasteiger partial charge is 0.261 e. The van der Waals surface area contributed by atoms with Crippen LogP contribution in [-0.4, -0.2) is 44.0 Å². The van der Waals surface area contributed by atoms with Gasteiger partial charge in [0.25, 0.3) is 5.91 Å². The van der Waals surface area contributed by atoms with Gasteiger partial charge < -0.3 is 19.1 Å². The number of carbonyl (C=O) groups is 2. The van der Waals surface area contributed by atoms with Crippen molar-refractivity contribution in [3.8, 4) is 17.2 Å². The molecule has 0 saturated carbocycles. The first-order valence-corrected chi connectivity index (χ1v) is 10.9. The van der Waals surface area contributed by atoms with Crippen LogP contribution in [0.5, 0.6) is 17.2 Å². The van der Waals surface area contributed by atoms with Gasteiger partial charge in [-0.3, -0.25) is 9.59 Å². The number of hydrogen-bond acceptors (Lipinski definition) is 5. The monoisotopic (exact) mass is 445 g/mol. The molecule has 33 heavy (non-hydrogen) atoms. The molecule has 170 valence electrons. The van der Waals surface area contributed by atoms with E-state index in [1.807, 2.05) is 41.3 Å². The van der Waals surface area contributed by atoms with Crippen molar-refractivity contribution < 1.29 is 23.8 Å². The van der Waals surface area contributed by atoms with E-state index in [0.717, 1.165) is 18.4 Å². The number of ketones is 1. The summed E-state index contributed by atoms with van der Waals surface area (Å²) in [5.41, 5.74) is 2.23. The van der Waals surface area contributed by atoms with Crippen molar-refractivity contribution >= 4 is 11.7 Å². The van der Waals surface area contributed by atoms with Gasteiger partial charge in [0, 0.05) is 17.7 Å². The minimum absolute atomic E-state index is 0.0215. The molecule has 0 bridgehead atoms. The number of rotatable bonds is 8. The van der Waals surface area contributed by atoms with E-state index in [9.17, 15) is 9.59 Å². The summed E-state index contributed by atoms with van der Waals surface area (Å²) in [6.45, 7) is 0.626. The average molecular weight is 446 g/mol. The van der Waals surface area contributed by atoms with Crippen molar-refractivity contribution in [3.05, 3.63) is 89.5 Å². The molecule has 1 fully saturated rings. The summed E-state index contributed by atoms with van der Waals surface area (Å²) in [6.07, 6.45) is 1.82. The Balaban J connectivity index is 1.38. The van der Waals surface area contributed by atoms with Gasteiger partial charge in [0.2, 0.25) is 0 Å². The van der Waals surface area contributed by atoms with Gasteiger partial charge in [0.1, 0.15) is 5.75 Å². The first-order chi connectivity index (χ1) is 16.1. The van der Waals surface area contributed by atoms with Crippen LogP contribution in [-0.2, 0) is 4.79 Å². The zero-order chi connectivity index (χ0) is 23.2. The van der Waals surface area contributed by atoms with Gasteiger partial charge in [-0.05, 0) is 54.8 Å². The lowest BCUT2D eigenvalue weighted by atomic mass is 10.0. The van der Waals surface area contributed by atoms with Crippen LogP contribution < -0.4 is 14.2 Å². The van der Waals surface area contributed by atoms with Crippen LogP contribution in [0.2, 0.25) is 0 Å². The van der Waals surface area contributed by atoms with E-state index in [1.54, 1.807) is 50.6 Å². The number of benzene rings is 3. The number of ether oxygens (including phenoxy) is 3. The van der Waals surface area contributed by atoms with Crippen LogP contribution in [0.15, 0.2) is 72.8 Å². The Morgan fingerprint density at radius 3 is 2.27 bits per heavy atom. The van der Waals surface area contributed by atoms with Crippen LogP contribution in [0, 0.1) is 0 Å². The fourth-order valence-corrected chi connectivity index (χ4v) is 4.16. The molecule has 0 aromatic heterocycles. The Labute approximate surface area is 193 Å². The minimum atomic E-state index is -0.0725. The van der Waals surface area contributed by atoms with Crippen molar-refractivity contribution in [3.63, 3.8) is 0 Å². The highest BCUT2D eigenvalue weighted by molar-refractivity contribution is 6.09. The molecule has 6 nitrogen and oxygen atoms in total. The summed E-state index contributed by atoms with van der Waals surface area (Å²) in [7, 11) is 3.20. The molecular formula is C27H27NO5. The number of nitrogens with zero attached hydrogens (tertiary/aromatic N) is 1. The molecule has 3 aromatic rings. The summed E-state index contributed by atoms with van der Waals surface area (Å²) in [6, 6.07) is 21.8. The largest absolute Gasteiger partial charge is 0.493 e. The number of likely N-dealkylation sites (tertiary alicyclic amines) is 1. The quantitative estimate of drug-likeness (QED) is 0.471. The van der Waals surface area contributed by atoms with Crippen LogP contribution in [0.1, 0.15) is 40.4 Å². The standard InChI is InChI=1S/C27H27NO5/c1-31-24-15-12-21(17-25(24)32-2)23-9-6-16-28(23)26(29)18-33-22-13-10-20(11-14-22)27(30)19-7-4-3-5-8-19/h3-5,7-8,10-15,17,23H,6,9,16,18H2,1-2H3/t23-/m0/s1. The lowest BCUT2D eigenvalue weighted by Crippen LogP contribution is -2.34. The maximum absolute atomic E-state index is 12.9. The summed E-state index contributed by atoms with van der Waals surface area (Å²) in [5, 5.41) is 0. The summed E-state index contributed by atoms with van der Waals surface area (Å²) >= 11 is 0. The third kappa shape index (κ3) is 5.00. The molecule has 4 rings (SSSR count). The fraction of sp³-hybridized carbons (Fsp3) is 0.259. The molecule has 1 heterocycles. The molecule has 1 amide bonds. The van der Waals surface area contributed by atoms with E-state index in [-0.39, 0.29) is 24.3 Å². The summed E-state index contributed by atoms with van der Waals surface area (Å²) < 4.78 is 16.5. The van der Waals surface area contributed by atoms with Gasteiger partial charge >= 0.3 is 0 Å². The van der Waals surface area contributed by atoms with Crippen molar-refractivity contribution in [2.75, 3.05) is 27.4 Å². The number of amides is 1. The molecule has 0 unspecified atom stereocenters. The highest BCUT2D eigenvalue weighted by Gasteiger charge is 2.30. The van der Waals surface area contributed by atoms with Gasteiger partial charge in [-0.25, -0.2) is 0 Å². The molecule has 1 aliphatic rings. The third-order valence-electron chi connectivity index (χ3n) is 5.88. The molecule has 3 aromatic carbocycles. The number of hydrogen-bond donors (Lipinski definition) is 0. The van der Waals surface area contributed by atoms with E-state index < -0.39 is 0 Å². The maximum Gasteiger partial charge on any atom is 0.261 e. The number of methoxy groups -OCH3 is 2. The second-order valence-electron chi connectivity index (χ2n) is 7.87. The van der Waals surface area contributed by atoms with E-state index in [4.69, 9.17) is 14.2 Å². The van der Waals surface area contributed by atoms with E-state index in [0.29, 0.717) is 34.9 Å². The van der Waals surface area contributed by atoms with Crippen LogP contribution in [0.25, 0.3) is 0 Å². The predicted octanol–water partition coefficient (Wildman–Crippen LogP) is 4.68. The van der Waals surface area contributed by atoms with Crippen LogP contribution in [0.4, 0.5) is 0 Å². The molecule has 0 radical (unpaired) electrons. The molecule has 0 N–H and O–H groups in total. The van der Waals surface area contributed by atoms with Gasteiger partial charge in [0.05, 0.1) is 20.3 Å². The van der Waals surface area contributed by atoms with Crippen molar-refractivity contribution in [2.45, 2.75) is 18.9 Å². The average Bonchev–Trinajstić information content (AvgIpc) is 3.37.